The van der Waals surface area contributed by atoms with Gasteiger partial charge in [-0.1, -0.05) is 35.9 Å². The highest BCUT2D eigenvalue weighted by Gasteiger charge is 2.36. The molecule has 1 aliphatic heterocycles. The maximum absolute atomic E-state index is 12.3. The minimum atomic E-state index is -0.561. The number of anilines is 2. The lowest BCUT2D eigenvalue weighted by molar-refractivity contribution is -0.151. The molecule has 2 aromatic rings. The predicted molar refractivity (Wildman–Crippen MR) is 102 cm³/mol. The number of hydrogen-bond acceptors (Lipinski definition) is 4. The number of carbonyl (C=O) groups is 3. The first kappa shape index (κ1) is 18.6. The first-order chi connectivity index (χ1) is 13.0. The molecule has 2 aromatic carbocycles. The Morgan fingerprint density at radius 2 is 1.78 bits per heavy atom. The van der Waals surface area contributed by atoms with Crippen molar-refractivity contribution in [1.82, 2.24) is 0 Å². The first-order valence-corrected chi connectivity index (χ1v) is 8.81. The van der Waals surface area contributed by atoms with Gasteiger partial charge >= 0.3 is 5.97 Å². The van der Waals surface area contributed by atoms with E-state index in [4.69, 9.17) is 4.74 Å². The molecule has 27 heavy (non-hydrogen) atoms. The van der Waals surface area contributed by atoms with E-state index < -0.39 is 11.9 Å². The van der Waals surface area contributed by atoms with Gasteiger partial charge in [-0.15, -0.1) is 0 Å². The van der Waals surface area contributed by atoms with Gasteiger partial charge in [-0.2, -0.15) is 0 Å². The summed E-state index contributed by atoms with van der Waals surface area (Å²) in [5, 5.41) is 0. The lowest BCUT2D eigenvalue weighted by Crippen LogP contribution is -2.32. The van der Waals surface area contributed by atoms with Crippen LogP contribution in [0, 0.1) is 12.8 Å². The van der Waals surface area contributed by atoms with Crippen LogP contribution in [-0.2, 0) is 19.1 Å². The zero-order valence-corrected chi connectivity index (χ0v) is 15.4. The number of benzene rings is 2. The highest BCUT2D eigenvalue weighted by Crippen LogP contribution is 2.26. The highest BCUT2D eigenvalue weighted by molar-refractivity contribution is 6.00. The molecule has 1 heterocycles. The molecule has 1 atom stereocenters. The van der Waals surface area contributed by atoms with Crippen LogP contribution in [0.1, 0.15) is 12.0 Å². The van der Waals surface area contributed by atoms with Gasteiger partial charge in [0.2, 0.25) is 5.91 Å². The SMILES string of the molecule is Cc1ccc(N2CC(C(=O)OCC(=O)N(C)c3ccccc3)CC2=O)cc1. The van der Waals surface area contributed by atoms with Crippen LogP contribution < -0.4 is 9.80 Å². The fourth-order valence-electron chi connectivity index (χ4n) is 2.98. The van der Waals surface area contributed by atoms with Crippen LogP contribution in [0.15, 0.2) is 54.6 Å². The van der Waals surface area contributed by atoms with Crippen LogP contribution in [0.5, 0.6) is 0 Å². The molecule has 0 N–H and O–H groups in total. The molecule has 3 rings (SSSR count). The van der Waals surface area contributed by atoms with Crippen molar-refractivity contribution in [2.75, 3.05) is 30.0 Å². The lowest BCUT2D eigenvalue weighted by Gasteiger charge is -2.18. The number of para-hydroxylation sites is 1. The molecule has 1 aliphatic rings. The number of aryl methyl sites for hydroxylation is 1. The Hall–Kier alpha value is -3.15. The number of likely N-dealkylation sites (N-methyl/N-ethyl adjacent to an activating group) is 1. The Kier molecular flexibility index (Phi) is 5.54. The van der Waals surface area contributed by atoms with Crippen molar-refractivity contribution in [3.8, 4) is 0 Å². The van der Waals surface area contributed by atoms with Crippen molar-refractivity contribution in [1.29, 1.82) is 0 Å². The number of ether oxygens (including phenoxy) is 1. The molecule has 6 heteroatoms. The van der Waals surface area contributed by atoms with Crippen LogP contribution in [0.3, 0.4) is 0 Å². The van der Waals surface area contributed by atoms with E-state index >= 15 is 0 Å². The van der Waals surface area contributed by atoms with Crippen LogP contribution in [0.4, 0.5) is 11.4 Å². The standard InChI is InChI=1S/C21H22N2O4/c1-15-8-10-18(11-9-15)23-13-16(12-19(23)24)21(26)27-14-20(25)22(2)17-6-4-3-5-7-17/h3-11,16H,12-14H2,1-2H3. The van der Waals surface area contributed by atoms with Crippen LogP contribution in [0.2, 0.25) is 0 Å². The van der Waals surface area contributed by atoms with Gasteiger partial charge in [-0.05, 0) is 31.2 Å². The molecule has 2 amide bonds. The number of esters is 1. The number of hydrogen-bond donors (Lipinski definition) is 0. The lowest BCUT2D eigenvalue weighted by atomic mass is 10.1. The molecule has 0 aliphatic carbocycles. The molecular formula is C21H22N2O4. The summed E-state index contributed by atoms with van der Waals surface area (Å²) in [5.74, 6) is -1.52. The van der Waals surface area contributed by atoms with E-state index in [-0.39, 0.29) is 31.4 Å². The Bertz CT molecular complexity index is 833. The van der Waals surface area contributed by atoms with Gasteiger partial charge in [0.25, 0.3) is 5.91 Å². The third kappa shape index (κ3) is 4.34. The molecule has 140 valence electrons. The average molecular weight is 366 g/mol. The summed E-state index contributed by atoms with van der Waals surface area (Å²) in [6.45, 7) is 1.89. The second-order valence-electron chi connectivity index (χ2n) is 6.64. The normalized spacial score (nSPS) is 16.3. The summed E-state index contributed by atoms with van der Waals surface area (Å²) >= 11 is 0. The Morgan fingerprint density at radius 1 is 1.11 bits per heavy atom. The topological polar surface area (TPSA) is 66.9 Å². The Labute approximate surface area is 158 Å². The third-order valence-electron chi connectivity index (χ3n) is 4.66. The molecule has 0 radical (unpaired) electrons. The summed E-state index contributed by atoms with van der Waals surface area (Å²) in [4.78, 5) is 39.8. The van der Waals surface area contributed by atoms with Crippen LogP contribution >= 0.6 is 0 Å². The largest absolute Gasteiger partial charge is 0.455 e. The van der Waals surface area contributed by atoms with Crippen molar-refractivity contribution >= 4 is 29.2 Å². The van der Waals surface area contributed by atoms with Gasteiger partial charge in [0.05, 0.1) is 5.92 Å². The zero-order valence-electron chi connectivity index (χ0n) is 15.4. The Balaban J connectivity index is 1.55. The van der Waals surface area contributed by atoms with Crippen LogP contribution in [0.25, 0.3) is 0 Å². The molecule has 0 bridgehead atoms. The van der Waals surface area contributed by atoms with Gasteiger partial charge in [0, 0.05) is 31.4 Å². The van der Waals surface area contributed by atoms with Crippen molar-refractivity contribution in [3.05, 3.63) is 60.2 Å². The minimum absolute atomic E-state index is 0.0927. The Morgan fingerprint density at radius 3 is 2.44 bits per heavy atom. The monoisotopic (exact) mass is 366 g/mol. The number of rotatable bonds is 5. The molecular weight excluding hydrogens is 344 g/mol. The van der Waals surface area contributed by atoms with E-state index in [1.54, 1.807) is 24.1 Å². The third-order valence-corrected chi connectivity index (χ3v) is 4.66. The van der Waals surface area contributed by atoms with Gasteiger partial charge in [0.15, 0.2) is 6.61 Å². The van der Waals surface area contributed by atoms with E-state index in [0.717, 1.165) is 16.9 Å². The zero-order chi connectivity index (χ0) is 19.4. The fraction of sp³-hybridized carbons (Fsp3) is 0.286. The summed E-state index contributed by atoms with van der Waals surface area (Å²) in [5.41, 5.74) is 2.59. The molecule has 0 saturated carbocycles. The molecule has 1 saturated heterocycles. The van der Waals surface area contributed by atoms with E-state index in [1.165, 1.54) is 4.90 Å². The molecule has 1 unspecified atom stereocenters. The van der Waals surface area contributed by atoms with E-state index in [1.807, 2.05) is 49.4 Å². The summed E-state index contributed by atoms with van der Waals surface area (Å²) < 4.78 is 5.17. The van der Waals surface area contributed by atoms with E-state index in [9.17, 15) is 14.4 Å². The number of carbonyl (C=O) groups excluding carboxylic acids is 3. The maximum Gasteiger partial charge on any atom is 0.311 e. The van der Waals surface area contributed by atoms with Crippen molar-refractivity contribution in [3.63, 3.8) is 0 Å². The molecule has 0 spiro atoms. The van der Waals surface area contributed by atoms with Gasteiger partial charge in [-0.3, -0.25) is 14.4 Å². The van der Waals surface area contributed by atoms with Crippen molar-refractivity contribution in [2.24, 2.45) is 5.92 Å². The molecule has 1 fully saturated rings. The minimum Gasteiger partial charge on any atom is -0.455 e. The summed E-state index contributed by atoms with van der Waals surface area (Å²) in [6.07, 6.45) is 0.0927. The van der Waals surface area contributed by atoms with E-state index in [2.05, 4.69) is 0 Å². The smallest absolute Gasteiger partial charge is 0.311 e. The fourth-order valence-corrected chi connectivity index (χ4v) is 2.98. The summed E-state index contributed by atoms with van der Waals surface area (Å²) in [7, 11) is 1.63. The van der Waals surface area contributed by atoms with Gasteiger partial charge < -0.3 is 14.5 Å². The molecule has 6 nitrogen and oxygen atoms in total. The second kappa shape index (κ2) is 8.03. The van der Waals surface area contributed by atoms with Crippen molar-refractivity contribution < 1.29 is 19.1 Å². The van der Waals surface area contributed by atoms with Gasteiger partial charge in [-0.25, -0.2) is 0 Å². The number of amides is 2. The number of nitrogens with zero attached hydrogens (tertiary/aromatic N) is 2. The van der Waals surface area contributed by atoms with Gasteiger partial charge in [0.1, 0.15) is 0 Å². The molecule has 0 aromatic heterocycles. The van der Waals surface area contributed by atoms with Crippen molar-refractivity contribution in [2.45, 2.75) is 13.3 Å². The highest BCUT2D eigenvalue weighted by atomic mass is 16.5. The maximum atomic E-state index is 12.3. The first-order valence-electron chi connectivity index (χ1n) is 8.81. The second-order valence-corrected chi connectivity index (χ2v) is 6.64. The van der Waals surface area contributed by atoms with E-state index in [0.29, 0.717) is 0 Å². The average Bonchev–Trinajstić information content (AvgIpc) is 3.08. The van der Waals surface area contributed by atoms with Crippen LogP contribution in [-0.4, -0.2) is 38.0 Å². The predicted octanol–water partition coefficient (Wildman–Crippen LogP) is 2.55. The summed E-state index contributed by atoms with van der Waals surface area (Å²) in [6, 6.07) is 16.7. The quantitative estimate of drug-likeness (QED) is 0.763.